The van der Waals surface area contributed by atoms with Crippen molar-refractivity contribution < 1.29 is 0 Å². The maximum Gasteiger partial charge on any atom is 0.276 e. The number of benzene rings is 1. The quantitative estimate of drug-likeness (QED) is 0.198. The molecule has 0 amide bonds. The molecule has 170 valence electrons. The second kappa shape index (κ2) is 9.95. The predicted octanol–water partition coefficient (Wildman–Crippen LogP) is 5.94. The van der Waals surface area contributed by atoms with Crippen molar-refractivity contribution in [2.75, 3.05) is 6.26 Å². The van der Waals surface area contributed by atoms with Crippen LogP contribution in [0.25, 0.3) is 16.7 Å². The summed E-state index contributed by atoms with van der Waals surface area (Å²) in [7, 11) is -2.07. The van der Waals surface area contributed by atoms with E-state index in [1.807, 2.05) is 36.6 Å². The van der Waals surface area contributed by atoms with E-state index in [9.17, 15) is 10.1 Å². The summed E-state index contributed by atoms with van der Waals surface area (Å²) in [5.41, 5.74) is 6.17. The molecule has 0 saturated carbocycles. The van der Waals surface area contributed by atoms with Crippen LogP contribution in [0.1, 0.15) is 52.7 Å². The first-order valence-electron chi connectivity index (χ1n) is 11.2. The van der Waals surface area contributed by atoms with Crippen LogP contribution in [0.2, 0.25) is 16.6 Å². The van der Waals surface area contributed by atoms with Crippen LogP contribution in [0.4, 0.5) is 0 Å². The number of aromatic nitrogens is 3. The van der Waals surface area contributed by atoms with Gasteiger partial charge in [0.2, 0.25) is 0 Å². The molecule has 2 aromatic heterocycles. The monoisotopic (exact) mass is 474 g/mol. The molecule has 0 fully saturated rings. The average molecular weight is 475 g/mol. The molecule has 1 aromatic carbocycles. The SMILES string of the molecule is CSc1ncc2c(C#C[Si](C(C)C)(C(C)C)C(C)C)c(C#N)c(=O)n(-c3ccccc3)c2n1. The number of hydrogen-bond acceptors (Lipinski definition) is 5. The Kier molecular flexibility index (Phi) is 7.47. The highest BCUT2D eigenvalue weighted by Gasteiger charge is 2.41. The fraction of sp³-hybridized carbons (Fsp3) is 0.385. The summed E-state index contributed by atoms with van der Waals surface area (Å²) in [6.45, 7) is 13.4. The molecule has 0 N–H and O–H groups in total. The van der Waals surface area contributed by atoms with E-state index in [1.54, 1.807) is 6.20 Å². The maximum atomic E-state index is 13.6. The second-order valence-corrected chi connectivity index (χ2v) is 15.4. The standard InChI is InChI=1S/C26H30N4OSSi/c1-17(2)33(18(3)4,19(5)6)14-13-21-22(15-27)25(31)30(20-11-9-8-10-12-20)24-23(21)16-28-26(29-24)32-7/h8-12,16-19H,1-7H3. The summed E-state index contributed by atoms with van der Waals surface area (Å²) < 4.78 is 1.50. The number of nitrogens with zero attached hydrogens (tertiary/aromatic N) is 4. The molecule has 7 heteroatoms. The van der Waals surface area contributed by atoms with Crippen LogP contribution < -0.4 is 5.56 Å². The third kappa shape index (κ3) is 4.36. The van der Waals surface area contributed by atoms with Gasteiger partial charge in [0.05, 0.1) is 16.6 Å². The lowest BCUT2D eigenvalue weighted by Crippen LogP contribution is -2.43. The zero-order valence-corrected chi connectivity index (χ0v) is 22.1. The summed E-state index contributed by atoms with van der Waals surface area (Å²) in [5, 5.41) is 11.2. The molecule has 33 heavy (non-hydrogen) atoms. The molecule has 0 bridgehead atoms. The Labute approximate surface area is 201 Å². The third-order valence-electron chi connectivity index (χ3n) is 6.47. The molecular formula is C26H30N4OSSi. The first kappa shape index (κ1) is 24.8. The summed E-state index contributed by atoms with van der Waals surface area (Å²) in [5.74, 6) is 3.34. The molecule has 0 radical (unpaired) electrons. The van der Waals surface area contributed by atoms with Gasteiger partial charge < -0.3 is 0 Å². The van der Waals surface area contributed by atoms with Gasteiger partial charge in [-0.2, -0.15) is 5.26 Å². The van der Waals surface area contributed by atoms with Crippen LogP contribution in [-0.4, -0.2) is 28.9 Å². The molecule has 0 aliphatic heterocycles. The van der Waals surface area contributed by atoms with E-state index < -0.39 is 13.6 Å². The van der Waals surface area contributed by atoms with Crippen LogP contribution in [0, 0.1) is 22.8 Å². The van der Waals surface area contributed by atoms with Gasteiger partial charge in [-0.15, -0.1) is 5.54 Å². The number of rotatable bonds is 5. The first-order valence-corrected chi connectivity index (χ1v) is 14.6. The van der Waals surface area contributed by atoms with E-state index >= 15 is 0 Å². The minimum absolute atomic E-state index is 0.0403. The molecule has 0 saturated heterocycles. The van der Waals surface area contributed by atoms with Gasteiger partial charge >= 0.3 is 0 Å². The summed E-state index contributed by atoms with van der Waals surface area (Å²) in [6, 6.07) is 11.4. The number of fused-ring (bicyclic) bond motifs is 1. The smallest absolute Gasteiger partial charge is 0.267 e. The largest absolute Gasteiger partial charge is 0.276 e. The summed E-state index contributed by atoms with van der Waals surface area (Å²) in [6.07, 6.45) is 3.59. The van der Waals surface area contributed by atoms with Crippen molar-refractivity contribution in [3.8, 4) is 23.2 Å². The minimum Gasteiger partial charge on any atom is -0.267 e. The van der Waals surface area contributed by atoms with Crippen LogP contribution in [0.5, 0.6) is 0 Å². The lowest BCUT2D eigenvalue weighted by Gasteiger charge is -2.38. The Morgan fingerprint density at radius 2 is 1.61 bits per heavy atom. The van der Waals surface area contributed by atoms with Crippen molar-refractivity contribution >= 4 is 30.9 Å². The predicted molar refractivity (Wildman–Crippen MR) is 140 cm³/mol. The van der Waals surface area contributed by atoms with Crippen molar-refractivity contribution in [1.29, 1.82) is 5.26 Å². The number of hydrogen-bond donors (Lipinski definition) is 0. The second-order valence-electron chi connectivity index (χ2n) is 9.08. The van der Waals surface area contributed by atoms with Gasteiger partial charge in [-0.1, -0.05) is 77.4 Å². The minimum atomic E-state index is -2.07. The summed E-state index contributed by atoms with van der Waals surface area (Å²) in [4.78, 5) is 22.7. The van der Waals surface area contributed by atoms with Crippen molar-refractivity contribution in [1.82, 2.24) is 14.5 Å². The van der Waals surface area contributed by atoms with Gasteiger partial charge in [0, 0.05) is 6.20 Å². The maximum absolute atomic E-state index is 13.6. The van der Waals surface area contributed by atoms with E-state index in [-0.39, 0.29) is 5.56 Å². The van der Waals surface area contributed by atoms with E-state index in [0.717, 1.165) is 0 Å². The normalized spacial score (nSPS) is 11.7. The lowest BCUT2D eigenvalue weighted by atomic mass is 10.1. The Balaban J connectivity index is 2.47. The molecule has 0 aliphatic carbocycles. The Morgan fingerprint density at radius 3 is 2.12 bits per heavy atom. The van der Waals surface area contributed by atoms with Crippen molar-refractivity contribution in [3.05, 3.63) is 58.0 Å². The van der Waals surface area contributed by atoms with Crippen molar-refractivity contribution in [3.63, 3.8) is 0 Å². The fourth-order valence-electron chi connectivity index (χ4n) is 4.91. The Bertz CT molecular complexity index is 1310. The van der Waals surface area contributed by atoms with Crippen molar-refractivity contribution in [2.45, 2.75) is 63.3 Å². The van der Waals surface area contributed by atoms with Gasteiger partial charge in [0.15, 0.2) is 10.8 Å². The van der Waals surface area contributed by atoms with E-state index in [2.05, 4.69) is 69.0 Å². The Morgan fingerprint density at radius 1 is 1.00 bits per heavy atom. The van der Waals surface area contributed by atoms with E-state index in [0.29, 0.717) is 44.1 Å². The van der Waals surface area contributed by atoms with E-state index in [4.69, 9.17) is 0 Å². The average Bonchev–Trinajstić information content (AvgIpc) is 2.78. The molecule has 2 heterocycles. The number of thioether (sulfide) groups is 1. The molecule has 0 unspecified atom stereocenters. The van der Waals surface area contributed by atoms with Gasteiger partial charge in [-0.05, 0) is 35.0 Å². The first-order chi connectivity index (χ1) is 15.7. The van der Waals surface area contributed by atoms with Gasteiger partial charge in [0.25, 0.3) is 5.56 Å². The molecular weight excluding hydrogens is 444 g/mol. The topological polar surface area (TPSA) is 71.6 Å². The van der Waals surface area contributed by atoms with Gasteiger partial charge in [-0.25, -0.2) is 9.97 Å². The number of para-hydroxylation sites is 1. The zero-order chi connectivity index (χ0) is 24.3. The van der Waals surface area contributed by atoms with Crippen LogP contribution >= 0.6 is 11.8 Å². The third-order valence-corrected chi connectivity index (χ3v) is 13.3. The molecule has 5 nitrogen and oxygen atoms in total. The summed E-state index contributed by atoms with van der Waals surface area (Å²) >= 11 is 1.41. The molecule has 3 rings (SSSR count). The molecule has 3 aromatic rings. The zero-order valence-electron chi connectivity index (χ0n) is 20.3. The highest BCUT2D eigenvalue weighted by molar-refractivity contribution is 7.98. The Hall–Kier alpha value is -2.87. The van der Waals surface area contributed by atoms with Crippen molar-refractivity contribution in [2.24, 2.45) is 0 Å². The van der Waals surface area contributed by atoms with Crippen LogP contribution in [0.15, 0.2) is 46.5 Å². The van der Waals surface area contributed by atoms with Crippen LogP contribution in [0.3, 0.4) is 0 Å². The van der Waals surface area contributed by atoms with Gasteiger partial charge in [0.1, 0.15) is 19.7 Å². The van der Waals surface area contributed by atoms with Crippen LogP contribution in [-0.2, 0) is 0 Å². The lowest BCUT2D eigenvalue weighted by molar-refractivity contribution is 0.838. The van der Waals surface area contributed by atoms with E-state index in [1.165, 1.54) is 16.3 Å². The van der Waals surface area contributed by atoms with Gasteiger partial charge in [-0.3, -0.25) is 9.36 Å². The molecule has 0 atom stereocenters. The fourth-order valence-corrected chi connectivity index (χ4v) is 10.4. The highest BCUT2D eigenvalue weighted by Crippen LogP contribution is 2.41. The number of nitriles is 1. The molecule has 0 aliphatic rings. The highest BCUT2D eigenvalue weighted by atomic mass is 32.2. The number of pyridine rings is 1. The molecule has 0 spiro atoms.